The first-order valence-electron chi connectivity index (χ1n) is 6.86. The minimum Gasteiger partial charge on any atom is -0.256 e. The Bertz CT molecular complexity index is 487. The van der Waals surface area contributed by atoms with E-state index in [0.717, 1.165) is 17.7 Å². The zero-order valence-electron chi connectivity index (χ0n) is 13.3. The van der Waals surface area contributed by atoms with E-state index in [-0.39, 0.29) is 5.41 Å². The van der Waals surface area contributed by atoms with Crippen LogP contribution in [0.15, 0.2) is 31.5 Å². The van der Waals surface area contributed by atoms with E-state index in [1.54, 1.807) is 6.08 Å². The number of allylic oxidation sites excluding steroid dienone is 2. The Hall–Kier alpha value is -1.15. The van der Waals surface area contributed by atoms with E-state index in [4.69, 9.17) is 0 Å². The van der Waals surface area contributed by atoms with Crippen molar-refractivity contribution in [3.05, 3.63) is 42.8 Å². The van der Waals surface area contributed by atoms with Crippen molar-refractivity contribution in [1.82, 2.24) is 4.98 Å². The summed E-state index contributed by atoms with van der Waals surface area (Å²) in [5.41, 5.74) is 3.57. The Morgan fingerprint density at radius 1 is 1.32 bits per heavy atom. The third kappa shape index (κ3) is 4.46. The minimum atomic E-state index is -1.36. The highest BCUT2D eigenvalue weighted by molar-refractivity contribution is 6.89. The van der Waals surface area contributed by atoms with E-state index in [0.29, 0.717) is 0 Å². The number of aromatic nitrogens is 1. The van der Waals surface area contributed by atoms with Crippen LogP contribution in [-0.2, 0) is 6.42 Å². The molecular formula is C17H27NSi. The Morgan fingerprint density at radius 2 is 1.89 bits per heavy atom. The third-order valence-corrected chi connectivity index (χ3v) is 5.16. The predicted molar refractivity (Wildman–Crippen MR) is 89.6 cm³/mol. The second-order valence-corrected chi connectivity index (χ2v) is 12.5. The van der Waals surface area contributed by atoms with Gasteiger partial charge in [0.05, 0.1) is 13.8 Å². The topological polar surface area (TPSA) is 12.9 Å². The van der Waals surface area contributed by atoms with Gasteiger partial charge in [-0.3, -0.25) is 4.98 Å². The van der Waals surface area contributed by atoms with Crippen LogP contribution in [0.1, 0.15) is 32.0 Å². The second kappa shape index (κ2) is 5.46. The summed E-state index contributed by atoms with van der Waals surface area (Å²) in [5, 5.41) is 1.46. The summed E-state index contributed by atoms with van der Waals surface area (Å²) >= 11 is 0. The number of rotatable bonds is 4. The van der Waals surface area contributed by atoms with Crippen molar-refractivity contribution < 1.29 is 0 Å². The van der Waals surface area contributed by atoms with Gasteiger partial charge in [0.25, 0.3) is 0 Å². The van der Waals surface area contributed by atoms with Gasteiger partial charge in [-0.05, 0) is 34.2 Å². The SMILES string of the molecule is C=CC(=C)c1cc(CC(C)(C)C)c([Si](C)(C)C)cn1. The van der Waals surface area contributed by atoms with E-state index >= 15 is 0 Å². The summed E-state index contributed by atoms with van der Waals surface area (Å²) < 4.78 is 0. The molecule has 0 fully saturated rings. The van der Waals surface area contributed by atoms with Crippen LogP contribution in [0, 0.1) is 5.41 Å². The molecule has 1 nitrogen and oxygen atoms in total. The molecule has 104 valence electrons. The van der Waals surface area contributed by atoms with Gasteiger partial charge in [0.2, 0.25) is 0 Å². The molecular weight excluding hydrogens is 246 g/mol. The fraction of sp³-hybridized carbons (Fsp3) is 0.471. The van der Waals surface area contributed by atoms with Crippen molar-refractivity contribution in [2.75, 3.05) is 0 Å². The van der Waals surface area contributed by atoms with Gasteiger partial charge < -0.3 is 0 Å². The summed E-state index contributed by atoms with van der Waals surface area (Å²) in [6.45, 7) is 21.7. The first kappa shape index (κ1) is 15.9. The molecule has 0 aromatic carbocycles. The fourth-order valence-electron chi connectivity index (χ4n) is 2.17. The molecule has 2 heteroatoms. The van der Waals surface area contributed by atoms with Crippen LogP contribution >= 0.6 is 0 Å². The van der Waals surface area contributed by atoms with Gasteiger partial charge >= 0.3 is 0 Å². The third-order valence-electron chi connectivity index (χ3n) is 3.09. The summed E-state index contributed by atoms with van der Waals surface area (Å²) in [6, 6.07) is 2.21. The molecule has 0 atom stereocenters. The molecule has 0 spiro atoms. The molecule has 0 radical (unpaired) electrons. The minimum absolute atomic E-state index is 0.280. The Balaban J connectivity index is 3.34. The van der Waals surface area contributed by atoms with Gasteiger partial charge in [0.1, 0.15) is 0 Å². The molecule has 0 aliphatic rings. The average molecular weight is 273 g/mol. The van der Waals surface area contributed by atoms with Gasteiger partial charge in [-0.15, -0.1) is 0 Å². The molecule has 19 heavy (non-hydrogen) atoms. The van der Waals surface area contributed by atoms with Crippen LogP contribution in [0.5, 0.6) is 0 Å². The van der Waals surface area contributed by atoms with Crippen molar-refractivity contribution >= 4 is 18.8 Å². The van der Waals surface area contributed by atoms with Gasteiger partial charge in [-0.25, -0.2) is 0 Å². The molecule has 0 aliphatic carbocycles. The van der Waals surface area contributed by atoms with Crippen molar-refractivity contribution in [2.45, 2.75) is 46.8 Å². The molecule has 0 amide bonds. The number of hydrogen-bond donors (Lipinski definition) is 0. The summed E-state index contributed by atoms with van der Waals surface area (Å²) in [5.74, 6) is 0. The lowest BCUT2D eigenvalue weighted by atomic mass is 9.88. The smallest absolute Gasteiger partial charge is 0.0799 e. The van der Waals surface area contributed by atoms with Crippen molar-refractivity contribution in [3.8, 4) is 0 Å². The lowest BCUT2D eigenvalue weighted by molar-refractivity contribution is 0.412. The maximum atomic E-state index is 4.57. The predicted octanol–water partition coefficient (Wildman–Crippen LogP) is 4.41. The molecule has 0 saturated heterocycles. The van der Waals surface area contributed by atoms with Gasteiger partial charge in [0.15, 0.2) is 0 Å². The molecule has 0 unspecified atom stereocenters. The van der Waals surface area contributed by atoms with Gasteiger partial charge in [-0.1, -0.05) is 59.6 Å². The van der Waals surface area contributed by atoms with Crippen molar-refractivity contribution in [2.24, 2.45) is 5.41 Å². The fourth-order valence-corrected chi connectivity index (χ4v) is 3.75. The highest BCUT2D eigenvalue weighted by Crippen LogP contribution is 2.23. The summed E-state index contributed by atoms with van der Waals surface area (Å²) in [4.78, 5) is 4.57. The first-order valence-corrected chi connectivity index (χ1v) is 10.4. The maximum absolute atomic E-state index is 4.57. The Kier molecular flexibility index (Phi) is 4.57. The lowest BCUT2D eigenvalue weighted by Gasteiger charge is -2.26. The second-order valence-electron chi connectivity index (χ2n) is 7.44. The van der Waals surface area contributed by atoms with E-state index < -0.39 is 8.07 Å². The average Bonchev–Trinajstić information content (AvgIpc) is 2.24. The van der Waals surface area contributed by atoms with E-state index in [1.807, 2.05) is 0 Å². The largest absolute Gasteiger partial charge is 0.256 e. The molecule has 0 aliphatic heterocycles. The molecule has 0 saturated carbocycles. The van der Waals surface area contributed by atoms with Crippen molar-refractivity contribution in [1.29, 1.82) is 0 Å². The monoisotopic (exact) mass is 273 g/mol. The van der Waals surface area contributed by atoms with Crippen molar-refractivity contribution in [3.63, 3.8) is 0 Å². The summed E-state index contributed by atoms with van der Waals surface area (Å²) in [7, 11) is -1.36. The van der Waals surface area contributed by atoms with Crippen LogP contribution in [-0.4, -0.2) is 13.1 Å². The highest BCUT2D eigenvalue weighted by atomic mass is 28.3. The number of pyridine rings is 1. The van der Waals surface area contributed by atoms with Crippen LogP contribution < -0.4 is 5.19 Å². The molecule has 0 N–H and O–H groups in total. The lowest BCUT2D eigenvalue weighted by Crippen LogP contribution is -2.41. The van der Waals surface area contributed by atoms with Gasteiger partial charge in [-0.2, -0.15) is 0 Å². The van der Waals surface area contributed by atoms with Crippen LogP contribution in [0.4, 0.5) is 0 Å². The molecule has 1 aromatic rings. The van der Waals surface area contributed by atoms with E-state index in [9.17, 15) is 0 Å². The van der Waals surface area contributed by atoms with E-state index in [2.05, 4.69) is 70.8 Å². The molecule has 1 aromatic heterocycles. The van der Waals surface area contributed by atoms with Crippen LogP contribution in [0.25, 0.3) is 5.57 Å². The van der Waals surface area contributed by atoms with E-state index in [1.165, 1.54) is 10.8 Å². The number of hydrogen-bond acceptors (Lipinski definition) is 1. The zero-order valence-corrected chi connectivity index (χ0v) is 14.3. The standard InChI is InChI=1S/C17H27NSi/c1-9-13(2)15-10-14(11-17(3,4)5)16(12-18-15)19(6,7)8/h9-10,12H,1-2,11H2,3-8H3. The Morgan fingerprint density at radius 3 is 2.32 bits per heavy atom. The quantitative estimate of drug-likeness (QED) is 0.585. The molecule has 1 rings (SSSR count). The van der Waals surface area contributed by atoms with Crippen LogP contribution in [0.2, 0.25) is 19.6 Å². The van der Waals surface area contributed by atoms with Gasteiger partial charge in [0, 0.05) is 6.20 Å². The van der Waals surface area contributed by atoms with Crippen LogP contribution in [0.3, 0.4) is 0 Å². The normalized spacial score (nSPS) is 12.3. The summed E-state index contributed by atoms with van der Waals surface area (Å²) in [6.07, 6.45) is 4.92. The first-order chi connectivity index (χ1) is 8.54. The maximum Gasteiger partial charge on any atom is 0.0799 e. The number of nitrogens with zero attached hydrogens (tertiary/aromatic N) is 1. The molecule has 0 bridgehead atoms. The highest BCUT2D eigenvalue weighted by Gasteiger charge is 2.23. The molecule has 1 heterocycles. The zero-order chi connectivity index (χ0) is 14.8. The Labute approximate surface area is 119 Å².